The Bertz CT molecular complexity index is 758. The lowest BCUT2D eigenvalue weighted by Crippen LogP contribution is -2.45. The van der Waals surface area contributed by atoms with E-state index in [1.807, 2.05) is 0 Å². The maximum atomic E-state index is 5.27. The Morgan fingerprint density at radius 1 is 1.37 bits per heavy atom. The van der Waals surface area contributed by atoms with E-state index in [-0.39, 0.29) is 5.92 Å². The number of rotatable bonds is 6. The van der Waals surface area contributed by atoms with Crippen LogP contribution in [0.1, 0.15) is 37.9 Å². The second-order valence-corrected chi connectivity index (χ2v) is 7.92. The Hall–Kier alpha value is -2.09. The fourth-order valence-electron chi connectivity index (χ4n) is 3.04. The average molecular weight is 435 g/mol. The van der Waals surface area contributed by atoms with Crippen LogP contribution in [0.4, 0.5) is 5.69 Å². The van der Waals surface area contributed by atoms with Crippen molar-refractivity contribution in [2.24, 2.45) is 4.99 Å². The van der Waals surface area contributed by atoms with Gasteiger partial charge in [0.2, 0.25) is 5.89 Å². The van der Waals surface area contributed by atoms with Gasteiger partial charge in [0.05, 0.1) is 0 Å². The number of halogens is 1. The van der Waals surface area contributed by atoms with E-state index in [9.17, 15) is 0 Å². The minimum atomic E-state index is 0.279. The van der Waals surface area contributed by atoms with E-state index in [2.05, 4.69) is 84.7 Å². The summed E-state index contributed by atoms with van der Waals surface area (Å²) in [7, 11) is 1.79. The van der Waals surface area contributed by atoms with Crippen LogP contribution in [0.2, 0.25) is 0 Å². The maximum Gasteiger partial charge on any atom is 0.228 e. The fourth-order valence-corrected chi connectivity index (χ4v) is 3.31. The first-order valence-corrected chi connectivity index (χ1v) is 10.1. The van der Waals surface area contributed by atoms with E-state index in [4.69, 9.17) is 4.52 Å². The molecule has 1 saturated heterocycles. The minimum absolute atomic E-state index is 0.279. The summed E-state index contributed by atoms with van der Waals surface area (Å²) < 4.78 is 6.38. The van der Waals surface area contributed by atoms with Crippen LogP contribution >= 0.6 is 15.9 Å². The molecule has 1 fully saturated rings. The van der Waals surface area contributed by atoms with Gasteiger partial charge < -0.3 is 20.1 Å². The van der Waals surface area contributed by atoms with Crippen molar-refractivity contribution in [2.45, 2.75) is 38.6 Å². The first-order valence-electron chi connectivity index (χ1n) is 9.35. The molecule has 1 unspecified atom stereocenters. The molecule has 1 aliphatic rings. The molecule has 0 radical (unpaired) electrons. The Labute approximate surface area is 168 Å². The molecule has 0 spiro atoms. The lowest BCUT2D eigenvalue weighted by molar-refractivity contribution is 0.371. The van der Waals surface area contributed by atoms with Gasteiger partial charge in [-0.2, -0.15) is 4.98 Å². The van der Waals surface area contributed by atoms with Crippen LogP contribution in [0.5, 0.6) is 0 Å². The number of anilines is 1. The molecule has 0 amide bonds. The highest BCUT2D eigenvalue weighted by molar-refractivity contribution is 9.10. The molecule has 3 rings (SSSR count). The van der Waals surface area contributed by atoms with E-state index in [0.29, 0.717) is 24.9 Å². The monoisotopic (exact) mass is 434 g/mol. The van der Waals surface area contributed by atoms with Crippen molar-refractivity contribution >= 4 is 27.6 Å². The molecule has 0 bridgehead atoms. The van der Waals surface area contributed by atoms with E-state index >= 15 is 0 Å². The van der Waals surface area contributed by atoms with Crippen LogP contribution in [0.3, 0.4) is 0 Å². The van der Waals surface area contributed by atoms with Crippen LogP contribution in [0.15, 0.2) is 38.3 Å². The number of hydrogen-bond acceptors (Lipinski definition) is 5. The third kappa shape index (κ3) is 5.45. The summed E-state index contributed by atoms with van der Waals surface area (Å²) in [6, 6.07) is 8.83. The van der Waals surface area contributed by atoms with Crippen molar-refractivity contribution in [3.8, 4) is 0 Å². The third-order valence-corrected chi connectivity index (χ3v) is 5.10. The van der Waals surface area contributed by atoms with Crippen molar-refractivity contribution < 1.29 is 4.52 Å². The molecule has 2 heterocycles. The van der Waals surface area contributed by atoms with Gasteiger partial charge in [-0.3, -0.25) is 4.99 Å². The standard InChI is InChI=1S/C19H27BrN6O/c1-13(2)18-24-17(27-25-18)8-10-22-19(21-3)23-15-9-11-26(12-15)16-6-4-14(20)5-7-16/h4-7,13,15H,8-12H2,1-3H3,(H2,21,22,23). The number of aliphatic imine (C=N–C) groups is 1. The predicted octanol–water partition coefficient (Wildman–Crippen LogP) is 2.94. The van der Waals surface area contributed by atoms with Crippen molar-refractivity contribution in [2.75, 3.05) is 31.6 Å². The summed E-state index contributed by atoms with van der Waals surface area (Å²) in [6.07, 6.45) is 1.76. The summed E-state index contributed by atoms with van der Waals surface area (Å²) >= 11 is 3.49. The SMILES string of the molecule is CN=C(NCCc1nc(C(C)C)no1)NC1CCN(c2ccc(Br)cc2)C1. The smallest absolute Gasteiger partial charge is 0.228 e. The zero-order valence-electron chi connectivity index (χ0n) is 16.1. The molecule has 1 aromatic carbocycles. The minimum Gasteiger partial charge on any atom is -0.369 e. The molecule has 2 N–H and O–H groups in total. The van der Waals surface area contributed by atoms with Crippen molar-refractivity contribution in [3.05, 3.63) is 40.5 Å². The second kappa shape index (κ2) is 9.21. The largest absolute Gasteiger partial charge is 0.369 e. The second-order valence-electron chi connectivity index (χ2n) is 7.00. The molecule has 1 aromatic heterocycles. The summed E-state index contributed by atoms with van der Waals surface area (Å²) in [5, 5.41) is 10.8. The first-order chi connectivity index (χ1) is 13.0. The number of nitrogens with zero attached hydrogens (tertiary/aromatic N) is 4. The first kappa shape index (κ1) is 19.7. The van der Waals surface area contributed by atoms with Gasteiger partial charge in [0, 0.05) is 55.2 Å². The lowest BCUT2D eigenvalue weighted by atomic mass is 10.2. The number of benzene rings is 1. The van der Waals surface area contributed by atoms with Crippen molar-refractivity contribution in [1.29, 1.82) is 0 Å². The molecule has 1 atom stereocenters. The third-order valence-electron chi connectivity index (χ3n) is 4.58. The Balaban J connectivity index is 1.44. The highest BCUT2D eigenvalue weighted by Crippen LogP contribution is 2.22. The van der Waals surface area contributed by atoms with Crippen molar-refractivity contribution in [1.82, 2.24) is 20.8 Å². The molecule has 146 valence electrons. The number of guanidine groups is 1. The van der Waals surface area contributed by atoms with E-state index in [0.717, 1.165) is 35.8 Å². The van der Waals surface area contributed by atoms with Crippen LogP contribution in [-0.4, -0.2) is 48.8 Å². The number of hydrogen-bond donors (Lipinski definition) is 2. The zero-order valence-corrected chi connectivity index (χ0v) is 17.7. The molecule has 27 heavy (non-hydrogen) atoms. The van der Waals surface area contributed by atoms with Gasteiger partial charge in [0.1, 0.15) is 0 Å². The number of nitrogens with one attached hydrogen (secondary N) is 2. The van der Waals surface area contributed by atoms with Crippen LogP contribution in [0, 0.1) is 0 Å². The predicted molar refractivity (Wildman–Crippen MR) is 111 cm³/mol. The van der Waals surface area contributed by atoms with Crippen LogP contribution in [0.25, 0.3) is 0 Å². The van der Waals surface area contributed by atoms with Crippen molar-refractivity contribution in [3.63, 3.8) is 0 Å². The van der Waals surface area contributed by atoms with Crippen LogP contribution < -0.4 is 15.5 Å². The van der Waals surface area contributed by atoms with Gasteiger partial charge in [0.25, 0.3) is 0 Å². The van der Waals surface area contributed by atoms with E-state index < -0.39 is 0 Å². The lowest BCUT2D eigenvalue weighted by Gasteiger charge is -2.20. The molecule has 1 aliphatic heterocycles. The maximum absolute atomic E-state index is 5.27. The van der Waals surface area contributed by atoms with Gasteiger partial charge in [0.15, 0.2) is 11.8 Å². The Kier molecular flexibility index (Phi) is 6.71. The highest BCUT2D eigenvalue weighted by atomic mass is 79.9. The average Bonchev–Trinajstić information content (AvgIpc) is 3.31. The van der Waals surface area contributed by atoms with E-state index in [1.165, 1.54) is 5.69 Å². The van der Waals surface area contributed by atoms with Gasteiger partial charge in [-0.1, -0.05) is 34.9 Å². The molecule has 0 saturated carbocycles. The molecular formula is C19H27BrN6O. The van der Waals surface area contributed by atoms with Gasteiger partial charge in [-0.15, -0.1) is 0 Å². The van der Waals surface area contributed by atoms with Gasteiger partial charge in [-0.25, -0.2) is 0 Å². The summed E-state index contributed by atoms with van der Waals surface area (Å²) in [5.74, 6) is 2.50. The molecule has 8 heteroatoms. The fraction of sp³-hybridized carbons (Fsp3) is 0.526. The normalized spacial score (nSPS) is 17.6. The highest BCUT2D eigenvalue weighted by Gasteiger charge is 2.23. The summed E-state index contributed by atoms with van der Waals surface area (Å²) in [6.45, 7) is 6.80. The van der Waals surface area contributed by atoms with E-state index in [1.54, 1.807) is 7.05 Å². The molecule has 2 aromatic rings. The Morgan fingerprint density at radius 2 is 2.15 bits per heavy atom. The summed E-state index contributed by atoms with van der Waals surface area (Å²) in [4.78, 5) is 11.1. The number of aromatic nitrogens is 2. The molecular weight excluding hydrogens is 408 g/mol. The van der Waals surface area contributed by atoms with Crippen LogP contribution in [-0.2, 0) is 6.42 Å². The molecule has 0 aliphatic carbocycles. The molecule has 7 nitrogen and oxygen atoms in total. The Morgan fingerprint density at radius 3 is 2.81 bits per heavy atom. The summed E-state index contributed by atoms with van der Waals surface area (Å²) in [5.41, 5.74) is 1.25. The van der Waals surface area contributed by atoms with Gasteiger partial charge >= 0.3 is 0 Å². The zero-order chi connectivity index (χ0) is 19.2. The quantitative estimate of drug-likeness (QED) is 0.537. The van der Waals surface area contributed by atoms with Gasteiger partial charge in [-0.05, 0) is 30.7 Å². The topological polar surface area (TPSA) is 78.6 Å².